The van der Waals surface area contributed by atoms with Gasteiger partial charge in [0.15, 0.2) is 0 Å². The van der Waals surface area contributed by atoms with Crippen molar-refractivity contribution in [2.45, 2.75) is 36.2 Å². The van der Waals surface area contributed by atoms with Crippen LogP contribution in [-0.4, -0.2) is 41.5 Å². The molecule has 5 heteroatoms. The Bertz CT molecular complexity index is 687. The molecule has 0 atom stereocenters. The highest BCUT2D eigenvalue weighted by Crippen LogP contribution is 2.40. The highest BCUT2D eigenvalue weighted by molar-refractivity contribution is 7.98. The second-order valence-corrected chi connectivity index (χ2v) is 7.08. The Morgan fingerprint density at radius 3 is 2.86 bits per heavy atom. The van der Waals surface area contributed by atoms with Crippen molar-refractivity contribution in [3.63, 3.8) is 0 Å². The second-order valence-electron chi connectivity index (χ2n) is 6.20. The number of rotatable bonds is 2. The topological polar surface area (TPSA) is 38.2 Å². The number of aromatic nitrogens is 2. The zero-order valence-electron chi connectivity index (χ0n) is 12.9. The van der Waals surface area contributed by atoms with E-state index in [1.165, 1.54) is 24.2 Å². The van der Waals surface area contributed by atoms with Crippen LogP contribution >= 0.6 is 11.8 Å². The Morgan fingerprint density at radius 2 is 2.09 bits per heavy atom. The number of benzene rings is 1. The highest BCUT2D eigenvalue weighted by atomic mass is 32.2. The number of anilines is 1. The molecule has 1 spiro atoms. The van der Waals surface area contributed by atoms with Gasteiger partial charge in [-0.2, -0.15) is 0 Å². The van der Waals surface area contributed by atoms with E-state index < -0.39 is 0 Å². The summed E-state index contributed by atoms with van der Waals surface area (Å²) >= 11 is 1.76. The van der Waals surface area contributed by atoms with E-state index in [-0.39, 0.29) is 5.60 Å². The summed E-state index contributed by atoms with van der Waals surface area (Å²) in [6.07, 6.45) is 8.66. The smallest absolute Gasteiger partial charge is 0.139 e. The molecule has 2 heterocycles. The number of hydrogen-bond acceptors (Lipinski definition) is 5. The first-order valence-corrected chi connectivity index (χ1v) is 9.20. The molecule has 1 aromatic heterocycles. The van der Waals surface area contributed by atoms with Crippen LogP contribution in [0.2, 0.25) is 0 Å². The van der Waals surface area contributed by atoms with Crippen LogP contribution in [0.3, 0.4) is 0 Å². The van der Waals surface area contributed by atoms with Crippen molar-refractivity contribution in [2.75, 3.05) is 30.9 Å². The minimum absolute atomic E-state index is 0.169. The molecule has 4 rings (SSSR count). The molecule has 2 fully saturated rings. The molecule has 0 radical (unpaired) electrons. The Labute approximate surface area is 135 Å². The number of thioether (sulfide) groups is 1. The van der Waals surface area contributed by atoms with Crippen molar-refractivity contribution in [1.82, 2.24) is 9.97 Å². The molecule has 2 aromatic rings. The molecule has 4 nitrogen and oxygen atoms in total. The Balaban J connectivity index is 1.67. The molecule has 1 saturated heterocycles. The van der Waals surface area contributed by atoms with Gasteiger partial charge in [-0.25, -0.2) is 9.97 Å². The second kappa shape index (κ2) is 5.70. The lowest BCUT2D eigenvalue weighted by Gasteiger charge is -2.40. The van der Waals surface area contributed by atoms with Gasteiger partial charge in [-0.05, 0) is 50.1 Å². The highest BCUT2D eigenvalue weighted by Gasteiger charge is 2.39. The molecule has 2 aliphatic rings. The number of nitrogens with zero attached hydrogens (tertiary/aromatic N) is 3. The maximum Gasteiger partial charge on any atom is 0.139 e. The maximum atomic E-state index is 6.15. The number of ether oxygens (including phenoxy) is 1. The molecule has 1 saturated carbocycles. The molecule has 1 aromatic carbocycles. The third kappa shape index (κ3) is 2.46. The lowest BCUT2D eigenvalue weighted by molar-refractivity contribution is -0.0928. The van der Waals surface area contributed by atoms with Crippen LogP contribution in [-0.2, 0) is 4.74 Å². The third-order valence-electron chi connectivity index (χ3n) is 4.99. The molecule has 0 bridgehead atoms. The van der Waals surface area contributed by atoms with Gasteiger partial charge >= 0.3 is 0 Å². The Kier molecular flexibility index (Phi) is 3.70. The van der Waals surface area contributed by atoms with Crippen LogP contribution in [0.15, 0.2) is 29.4 Å². The quantitative estimate of drug-likeness (QED) is 0.793. The summed E-state index contributed by atoms with van der Waals surface area (Å²) in [4.78, 5) is 12.6. The largest absolute Gasteiger partial charge is 0.373 e. The predicted molar refractivity (Wildman–Crippen MR) is 90.7 cm³/mol. The van der Waals surface area contributed by atoms with E-state index in [4.69, 9.17) is 4.74 Å². The molecule has 1 aliphatic carbocycles. The van der Waals surface area contributed by atoms with Gasteiger partial charge in [0.2, 0.25) is 0 Å². The molecule has 116 valence electrons. The summed E-state index contributed by atoms with van der Waals surface area (Å²) in [6, 6.07) is 6.42. The molecule has 22 heavy (non-hydrogen) atoms. The van der Waals surface area contributed by atoms with Crippen LogP contribution in [0.25, 0.3) is 10.9 Å². The summed E-state index contributed by atoms with van der Waals surface area (Å²) < 4.78 is 6.15. The first-order valence-electron chi connectivity index (χ1n) is 7.97. The first-order chi connectivity index (χ1) is 10.8. The van der Waals surface area contributed by atoms with E-state index in [0.29, 0.717) is 0 Å². The summed E-state index contributed by atoms with van der Waals surface area (Å²) in [5, 5.41) is 1.15. The van der Waals surface area contributed by atoms with Gasteiger partial charge in [-0.3, -0.25) is 0 Å². The zero-order valence-corrected chi connectivity index (χ0v) is 13.7. The first kappa shape index (κ1) is 14.3. The lowest BCUT2D eigenvalue weighted by atomic mass is 9.77. The fourth-order valence-electron chi connectivity index (χ4n) is 3.47. The average molecular weight is 315 g/mol. The predicted octanol–water partition coefficient (Wildman–Crippen LogP) is 3.50. The van der Waals surface area contributed by atoms with Crippen LogP contribution in [0.1, 0.15) is 25.7 Å². The summed E-state index contributed by atoms with van der Waals surface area (Å²) in [7, 11) is 0. The monoisotopic (exact) mass is 315 g/mol. The standard InChI is InChI=1S/C17H21N3OS/c1-22-13-3-4-15-14(11-13)16(19-12-18-15)20-8-7-17(5-2-6-17)21-10-9-20/h3-4,11-12H,2,5-10H2,1H3. The molecule has 0 unspecified atom stereocenters. The van der Waals surface area contributed by atoms with Gasteiger partial charge < -0.3 is 9.64 Å². The van der Waals surface area contributed by atoms with Crippen LogP contribution in [0.5, 0.6) is 0 Å². The van der Waals surface area contributed by atoms with Gasteiger partial charge in [0, 0.05) is 23.4 Å². The number of fused-ring (bicyclic) bond motifs is 1. The minimum atomic E-state index is 0.169. The van der Waals surface area contributed by atoms with E-state index in [2.05, 4.69) is 39.3 Å². The summed E-state index contributed by atoms with van der Waals surface area (Å²) in [6.45, 7) is 2.74. The Morgan fingerprint density at radius 1 is 1.18 bits per heavy atom. The Hall–Kier alpha value is -1.33. The van der Waals surface area contributed by atoms with Gasteiger partial charge in [-0.1, -0.05) is 0 Å². The van der Waals surface area contributed by atoms with Crippen molar-refractivity contribution in [3.05, 3.63) is 24.5 Å². The molecule has 1 aliphatic heterocycles. The maximum absolute atomic E-state index is 6.15. The molecule has 0 N–H and O–H groups in total. The van der Waals surface area contributed by atoms with Crippen molar-refractivity contribution < 1.29 is 4.74 Å². The lowest BCUT2D eigenvalue weighted by Crippen LogP contribution is -2.40. The van der Waals surface area contributed by atoms with E-state index in [1.807, 2.05) is 0 Å². The third-order valence-corrected chi connectivity index (χ3v) is 5.72. The van der Waals surface area contributed by atoms with Crippen molar-refractivity contribution in [1.29, 1.82) is 0 Å². The average Bonchev–Trinajstić information content (AvgIpc) is 2.76. The van der Waals surface area contributed by atoms with Crippen LogP contribution < -0.4 is 4.90 Å². The van der Waals surface area contributed by atoms with E-state index in [1.54, 1.807) is 18.1 Å². The fraction of sp³-hybridized carbons (Fsp3) is 0.529. The van der Waals surface area contributed by atoms with E-state index in [9.17, 15) is 0 Å². The van der Waals surface area contributed by atoms with E-state index in [0.717, 1.165) is 42.8 Å². The van der Waals surface area contributed by atoms with Crippen molar-refractivity contribution in [2.24, 2.45) is 0 Å². The SMILES string of the molecule is CSc1ccc2ncnc(N3CCOC4(CCC4)CC3)c2c1. The van der Waals surface area contributed by atoms with Gasteiger partial charge in [0.25, 0.3) is 0 Å². The van der Waals surface area contributed by atoms with Gasteiger partial charge in [0.05, 0.1) is 17.7 Å². The van der Waals surface area contributed by atoms with Crippen molar-refractivity contribution in [3.8, 4) is 0 Å². The van der Waals surface area contributed by atoms with Gasteiger partial charge in [-0.15, -0.1) is 11.8 Å². The van der Waals surface area contributed by atoms with Crippen molar-refractivity contribution >= 4 is 28.5 Å². The number of hydrogen-bond donors (Lipinski definition) is 0. The normalized spacial score (nSPS) is 20.9. The minimum Gasteiger partial charge on any atom is -0.373 e. The molecule has 0 amide bonds. The molecular formula is C17H21N3OS. The summed E-state index contributed by atoms with van der Waals surface area (Å²) in [5.74, 6) is 1.06. The van der Waals surface area contributed by atoms with Crippen LogP contribution in [0.4, 0.5) is 5.82 Å². The fourth-order valence-corrected chi connectivity index (χ4v) is 3.91. The summed E-state index contributed by atoms with van der Waals surface area (Å²) in [5.41, 5.74) is 1.19. The van der Waals surface area contributed by atoms with Crippen LogP contribution in [0, 0.1) is 0 Å². The van der Waals surface area contributed by atoms with E-state index >= 15 is 0 Å². The van der Waals surface area contributed by atoms with Gasteiger partial charge in [0.1, 0.15) is 12.1 Å². The molecular weight excluding hydrogens is 294 g/mol. The zero-order chi connectivity index (χ0) is 15.0.